The monoisotopic (exact) mass is 244 g/mol. The molecule has 1 N–H and O–H groups in total. The smallest absolute Gasteiger partial charge is 0.187 e. The van der Waals surface area contributed by atoms with Crippen LogP contribution in [0.4, 0.5) is 5.82 Å². The van der Waals surface area contributed by atoms with Gasteiger partial charge < -0.3 is 10.1 Å². The molecule has 2 aromatic rings. The van der Waals surface area contributed by atoms with Gasteiger partial charge in [0, 0.05) is 7.05 Å². The maximum atomic E-state index is 5.43. The standard InChI is InChI=1S/C13H16N4O/c1-8-5-9(2)12(18-4)10(6-8)13-16-11(14-3)7-15-17-13/h5-7H,1-4H3,(H,14,16,17). The molecule has 5 nitrogen and oxygen atoms in total. The molecule has 1 aromatic heterocycles. The predicted octanol–water partition coefficient (Wildman–Crippen LogP) is 2.21. The van der Waals surface area contributed by atoms with E-state index >= 15 is 0 Å². The first-order valence-corrected chi connectivity index (χ1v) is 5.68. The highest BCUT2D eigenvalue weighted by atomic mass is 16.5. The molecule has 0 aliphatic heterocycles. The van der Waals surface area contributed by atoms with E-state index in [1.165, 1.54) is 0 Å². The molecule has 18 heavy (non-hydrogen) atoms. The van der Waals surface area contributed by atoms with E-state index in [0.717, 1.165) is 22.4 Å². The molecule has 5 heteroatoms. The second-order valence-electron chi connectivity index (χ2n) is 4.08. The van der Waals surface area contributed by atoms with Gasteiger partial charge in [-0.15, -0.1) is 5.10 Å². The van der Waals surface area contributed by atoms with Crippen molar-refractivity contribution >= 4 is 5.82 Å². The zero-order valence-corrected chi connectivity index (χ0v) is 11.0. The van der Waals surface area contributed by atoms with Crippen molar-refractivity contribution in [2.45, 2.75) is 13.8 Å². The van der Waals surface area contributed by atoms with Crippen molar-refractivity contribution in [3.05, 3.63) is 29.5 Å². The van der Waals surface area contributed by atoms with Gasteiger partial charge >= 0.3 is 0 Å². The van der Waals surface area contributed by atoms with Crippen molar-refractivity contribution in [3.63, 3.8) is 0 Å². The molecule has 0 saturated heterocycles. The van der Waals surface area contributed by atoms with E-state index in [2.05, 4.69) is 26.6 Å². The number of aryl methyl sites for hydroxylation is 2. The quantitative estimate of drug-likeness (QED) is 0.897. The number of aromatic nitrogens is 3. The first kappa shape index (κ1) is 12.3. The Kier molecular flexibility index (Phi) is 3.41. The molecule has 1 aromatic carbocycles. The molecule has 0 fully saturated rings. The third-order valence-corrected chi connectivity index (χ3v) is 2.68. The highest BCUT2D eigenvalue weighted by Gasteiger charge is 2.13. The third kappa shape index (κ3) is 2.25. The Morgan fingerprint density at radius 1 is 1.22 bits per heavy atom. The lowest BCUT2D eigenvalue weighted by atomic mass is 10.1. The van der Waals surface area contributed by atoms with E-state index in [4.69, 9.17) is 4.74 Å². The molecule has 0 aliphatic carbocycles. The van der Waals surface area contributed by atoms with Gasteiger partial charge in [0.15, 0.2) is 5.82 Å². The SMILES string of the molecule is CNc1cnnc(-c2cc(C)cc(C)c2OC)n1. The minimum atomic E-state index is 0.561. The lowest BCUT2D eigenvalue weighted by Gasteiger charge is -2.11. The van der Waals surface area contributed by atoms with E-state index in [9.17, 15) is 0 Å². The maximum Gasteiger partial charge on any atom is 0.187 e. The van der Waals surface area contributed by atoms with E-state index in [1.54, 1.807) is 20.4 Å². The van der Waals surface area contributed by atoms with Crippen LogP contribution >= 0.6 is 0 Å². The van der Waals surface area contributed by atoms with Crippen molar-refractivity contribution in [1.82, 2.24) is 15.2 Å². The summed E-state index contributed by atoms with van der Waals surface area (Å²) >= 11 is 0. The fraction of sp³-hybridized carbons (Fsp3) is 0.308. The van der Waals surface area contributed by atoms with Crippen molar-refractivity contribution < 1.29 is 4.74 Å². The largest absolute Gasteiger partial charge is 0.496 e. The van der Waals surface area contributed by atoms with Gasteiger partial charge in [-0.1, -0.05) is 6.07 Å². The normalized spacial score (nSPS) is 10.2. The third-order valence-electron chi connectivity index (χ3n) is 2.68. The molecule has 0 radical (unpaired) electrons. The molecule has 0 bridgehead atoms. The summed E-state index contributed by atoms with van der Waals surface area (Å²) in [5, 5.41) is 11.0. The molecule has 2 rings (SSSR count). The predicted molar refractivity (Wildman–Crippen MR) is 70.8 cm³/mol. The minimum Gasteiger partial charge on any atom is -0.496 e. The van der Waals surface area contributed by atoms with Gasteiger partial charge in [0.05, 0.1) is 18.9 Å². The summed E-state index contributed by atoms with van der Waals surface area (Å²) in [6, 6.07) is 4.07. The summed E-state index contributed by atoms with van der Waals surface area (Å²) in [5.74, 6) is 2.03. The summed E-state index contributed by atoms with van der Waals surface area (Å²) in [6.07, 6.45) is 1.58. The summed E-state index contributed by atoms with van der Waals surface area (Å²) in [6.45, 7) is 4.04. The fourth-order valence-corrected chi connectivity index (χ4v) is 1.93. The zero-order valence-electron chi connectivity index (χ0n) is 11.0. The van der Waals surface area contributed by atoms with Crippen LogP contribution in [0.1, 0.15) is 11.1 Å². The molecule has 0 spiro atoms. The van der Waals surface area contributed by atoms with Crippen molar-refractivity contribution in [3.8, 4) is 17.1 Å². The molecule has 0 aliphatic rings. The van der Waals surface area contributed by atoms with E-state index in [0.29, 0.717) is 11.6 Å². The molecular weight excluding hydrogens is 228 g/mol. The van der Waals surface area contributed by atoms with Crippen LogP contribution < -0.4 is 10.1 Å². The lowest BCUT2D eigenvalue weighted by molar-refractivity contribution is 0.413. The first-order chi connectivity index (χ1) is 8.65. The molecule has 0 atom stereocenters. The van der Waals surface area contributed by atoms with Crippen LogP contribution in [0, 0.1) is 13.8 Å². The van der Waals surface area contributed by atoms with Gasteiger partial charge in [0.2, 0.25) is 0 Å². The van der Waals surface area contributed by atoms with Gasteiger partial charge in [-0.05, 0) is 31.0 Å². The Morgan fingerprint density at radius 3 is 2.67 bits per heavy atom. The number of methoxy groups -OCH3 is 1. The number of hydrogen-bond acceptors (Lipinski definition) is 5. The van der Waals surface area contributed by atoms with Gasteiger partial charge in [0.1, 0.15) is 11.6 Å². The van der Waals surface area contributed by atoms with Crippen LogP contribution in [0.5, 0.6) is 5.75 Å². The molecule has 0 saturated carbocycles. The minimum absolute atomic E-state index is 0.561. The maximum absolute atomic E-state index is 5.43. The number of benzene rings is 1. The summed E-state index contributed by atoms with van der Waals surface area (Å²) in [4.78, 5) is 4.39. The summed E-state index contributed by atoms with van der Waals surface area (Å²) < 4.78 is 5.43. The van der Waals surface area contributed by atoms with Crippen LogP contribution in [0.2, 0.25) is 0 Å². The zero-order chi connectivity index (χ0) is 13.1. The Bertz CT molecular complexity index is 569. The second-order valence-corrected chi connectivity index (χ2v) is 4.08. The topological polar surface area (TPSA) is 59.9 Å². The number of ether oxygens (including phenoxy) is 1. The van der Waals surface area contributed by atoms with Crippen LogP contribution in [0.25, 0.3) is 11.4 Å². The van der Waals surface area contributed by atoms with E-state index < -0.39 is 0 Å². The number of nitrogens with zero attached hydrogens (tertiary/aromatic N) is 3. The van der Waals surface area contributed by atoms with E-state index in [-0.39, 0.29) is 0 Å². The Balaban J connectivity index is 2.61. The molecule has 0 unspecified atom stereocenters. The molecule has 1 heterocycles. The first-order valence-electron chi connectivity index (χ1n) is 5.68. The second kappa shape index (κ2) is 5.00. The molecule has 0 amide bonds. The van der Waals surface area contributed by atoms with Gasteiger partial charge in [-0.3, -0.25) is 0 Å². The lowest BCUT2D eigenvalue weighted by Crippen LogP contribution is -2.01. The summed E-state index contributed by atoms with van der Waals surface area (Å²) in [5.41, 5.74) is 3.06. The average molecular weight is 244 g/mol. The number of anilines is 1. The Labute approximate surface area is 106 Å². The van der Waals surface area contributed by atoms with Crippen molar-refractivity contribution in [2.75, 3.05) is 19.5 Å². The van der Waals surface area contributed by atoms with Gasteiger partial charge in [0.25, 0.3) is 0 Å². The Morgan fingerprint density at radius 2 is 2.00 bits per heavy atom. The van der Waals surface area contributed by atoms with Gasteiger partial charge in [-0.2, -0.15) is 5.10 Å². The molecular formula is C13H16N4O. The van der Waals surface area contributed by atoms with Crippen LogP contribution in [0.3, 0.4) is 0 Å². The van der Waals surface area contributed by atoms with Crippen LogP contribution in [0.15, 0.2) is 18.3 Å². The molecule has 94 valence electrons. The number of rotatable bonds is 3. The van der Waals surface area contributed by atoms with E-state index in [1.807, 2.05) is 19.9 Å². The van der Waals surface area contributed by atoms with Crippen LogP contribution in [-0.4, -0.2) is 29.3 Å². The fourth-order valence-electron chi connectivity index (χ4n) is 1.93. The number of nitrogens with one attached hydrogen (secondary N) is 1. The average Bonchev–Trinajstić information content (AvgIpc) is 2.38. The van der Waals surface area contributed by atoms with Crippen molar-refractivity contribution in [1.29, 1.82) is 0 Å². The van der Waals surface area contributed by atoms with Crippen LogP contribution in [-0.2, 0) is 0 Å². The summed E-state index contributed by atoms with van der Waals surface area (Å²) in [7, 11) is 3.45. The van der Waals surface area contributed by atoms with Gasteiger partial charge in [-0.25, -0.2) is 4.98 Å². The van der Waals surface area contributed by atoms with Crippen molar-refractivity contribution in [2.24, 2.45) is 0 Å². The highest BCUT2D eigenvalue weighted by molar-refractivity contribution is 5.68. The Hall–Kier alpha value is -2.17. The highest BCUT2D eigenvalue weighted by Crippen LogP contribution is 2.32. The number of hydrogen-bond donors (Lipinski definition) is 1.